The van der Waals surface area contributed by atoms with Crippen molar-refractivity contribution in [3.8, 4) is 0 Å². The van der Waals surface area contributed by atoms with Crippen molar-refractivity contribution in [2.45, 2.75) is 26.8 Å². The van der Waals surface area contributed by atoms with Crippen molar-refractivity contribution in [2.75, 3.05) is 25.0 Å². The monoisotopic (exact) mass is 246 g/mol. The van der Waals surface area contributed by atoms with Crippen LogP contribution in [0.3, 0.4) is 0 Å². The molecule has 0 radical (unpaired) electrons. The minimum atomic E-state index is 0.852. The number of anilines is 1. The second-order valence-electron chi connectivity index (χ2n) is 4.51. The van der Waals surface area contributed by atoms with Crippen molar-refractivity contribution in [1.82, 2.24) is 14.7 Å². The van der Waals surface area contributed by atoms with Crippen LogP contribution in [0.15, 0.2) is 24.4 Å². The fraction of sp³-hybridized carbons (Fsp3) is 0.500. The van der Waals surface area contributed by atoms with E-state index >= 15 is 0 Å². The van der Waals surface area contributed by atoms with Gasteiger partial charge in [0.05, 0.1) is 5.69 Å². The van der Waals surface area contributed by atoms with E-state index in [0.29, 0.717) is 0 Å². The maximum atomic E-state index is 4.73. The molecule has 4 heteroatoms. The molecule has 0 spiro atoms. The molecular formula is C14H22N4. The lowest BCUT2D eigenvalue weighted by Gasteiger charge is -2.17. The van der Waals surface area contributed by atoms with Gasteiger partial charge in [0, 0.05) is 26.3 Å². The first-order valence-corrected chi connectivity index (χ1v) is 6.65. The van der Waals surface area contributed by atoms with E-state index in [1.807, 2.05) is 12.1 Å². The summed E-state index contributed by atoms with van der Waals surface area (Å²) < 4.78 is 2.17. The number of pyridine rings is 1. The highest BCUT2D eigenvalue weighted by molar-refractivity contribution is 5.55. The highest BCUT2D eigenvalue weighted by Gasteiger charge is 2.14. The topological polar surface area (TPSA) is 32.6 Å². The van der Waals surface area contributed by atoms with E-state index in [2.05, 4.69) is 47.8 Å². The number of nitrogens with one attached hydrogen (secondary N) is 1. The van der Waals surface area contributed by atoms with Crippen molar-refractivity contribution in [3.05, 3.63) is 30.1 Å². The number of hydrogen-bond donors (Lipinski definition) is 1. The zero-order valence-electron chi connectivity index (χ0n) is 11.5. The second kappa shape index (κ2) is 5.87. The smallest absolute Gasteiger partial charge is 0.152 e. The first-order valence-electron chi connectivity index (χ1n) is 6.65. The van der Waals surface area contributed by atoms with E-state index in [4.69, 9.17) is 4.98 Å². The number of aromatic nitrogens is 2. The summed E-state index contributed by atoms with van der Waals surface area (Å²) in [5.41, 5.74) is 2.26. The quantitative estimate of drug-likeness (QED) is 0.849. The highest BCUT2D eigenvalue weighted by atomic mass is 15.2. The average Bonchev–Trinajstić information content (AvgIpc) is 2.75. The normalized spacial score (nSPS) is 11.1. The second-order valence-corrected chi connectivity index (χ2v) is 4.51. The fourth-order valence-electron chi connectivity index (χ4n) is 2.19. The average molecular weight is 246 g/mol. The van der Waals surface area contributed by atoms with Gasteiger partial charge in [-0.25, -0.2) is 4.98 Å². The molecule has 0 unspecified atom stereocenters. The van der Waals surface area contributed by atoms with Crippen LogP contribution >= 0.6 is 0 Å². The Hall–Kier alpha value is -1.55. The number of hydrogen-bond acceptors (Lipinski definition) is 3. The third kappa shape index (κ3) is 2.48. The minimum absolute atomic E-state index is 0.852. The summed E-state index contributed by atoms with van der Waals surface area (Å²) in [5.74, 6) is 1.09. The van der Waals surface area contributed by atoms with Crippen LogP contribution in [-0.2, 0) is 6.54 Å². The molecule has 0 fully saturated rings. The van der Waals surface area contributed by atoms with Crippen LogP contribution in [0.4, 0.5) is 5.82 Å². The maximum Gasteiger partial charge on any atom is 0.152 e. The summed E-state index contributed by atoms with van der Waals surface area (Å²) in [4.78, 5) is 6.97. The molecule has 0 amide bonds. The zero-order valence-corrected chi connectivity index (χ0v) is 11.5. The largest absolute Gasteiger partial charge is 0.358 e. The van der Waals surface area contributed by atoms with Gasteiger partial charge in [-0.05, 0) is 25.1 Å². The van der Waals surface area contributed by atoms with Crippen molar-refractivity contribution < 1.29 is 0 Å². The summed E-state index contributed by atoms with van der Waals surface area (Å²) in [6.45, 7) is 7.17. The van der Waals surface area contributed by atoms with E-state index in [1.165, 1.54) is 5.69 Å². The molecular weight excluding hydrogens is 224 g/mol. The molecule has 0 aliphatic rings. The van der Waals surface area contributed by atoms with Crippen molar-refractivity contribution in [2.24, 2.45) is 0 Å². The summed E-state index contributed by atoms with van der Waals surface area (Å²) in [6.07, 6.45) is 3.21. The molecule has 0 atom stereocenters. The molecule has 2 heterocycles. The van der Waals surface area contributed by atoms with Crippen LogP contribution in [0.5, 0.6) is 0 Å². The summed E-state index contributed by atoms with van der Waals surface area (Å²) in [5, 5.41) is 3.39. The van der Waals surface area contributed by atoms with Gasteiger partial charge >= 0.3 is 0 Å². The predicted molar refractivity (Wildman–Crippen MR) is 76.1 cm³/mol. The van der Waals surface area contributed by atoms with Crippen molar-refractivity contribution in [1.29, 1.82) is 0 Å². The third-order valence-corrected chi connectivity index (χ3v) is 3.07. The molecule has 0 bridgehead atoms. The Labute approximate surface area is 109 Å². The highest BCUT2D eigenvalue weighted by Crippen LogP contribution is 2.20. The number of fused-ring (bicyclic) bond motifs is 1. The maximum absolute atomic E-state index is 4.73. The Balaban J connectivity index is 2.42. The standard InChI is InChI=1S/C14H22N4/c1-4-9-17(3)14-12(11-15-5-2)18-10-7-6-8-13(18)16-14/h6-8,10,15H,4-5,9,11H2,1-3H3. The van der Waals surface area contributed by atoms with Crippen LogP contribution in [0.1, 0.15) is 26.0 Å². The van der Waals surface area contributed by atoms with Gasteiger partial charge in [-0.2, -0.15) is 0 Å². The first-order chi connectivity index (χ1) is 8.77. The van der Waals surface area contributed by atoms with Crippen molar-refractivity contribution in [3.63, 3.8) is 0 Å². The lowest BCUT2D eigenvalue weighted by Crippen LogP contribution is -2.22. The molecule has 0 saturated carbocycles. The summed E-state index contributed by atoms with van der Waals surface area (Å²) in [7, 11) is 2.11. The molecule has 0 aliphatic carbocycles. The van der Waals surface area contributed by atoms with Gasteiger partial charge < -0.3 is 14.6 Å². The van der Waals surface area contributed by atoms with Crippen LogP contribution in [0.2, 0.25) is 0 Å². The molecule has 0 aliphatic heterocycles. The Morgan fingerprint density at radius 2 is 2.17 bits per heavy atom. The fourth-order valence-corrected chi connectivity index (χ4v) is 2.19. The van der Waals surface area contributed by atoms with E-state index in [9.17, 15) is 0 Å². The third-order valence-electron chi connectivity index (χ3n) is 3.07. The molecule has 1 N–H and O–H groups in total. The van der Waals surface area contributed by atoms with Crippen molar-refractivity contribution >= 4 is 11.5 Å². The summed E-state index contributed by atoms with van der Waals surface area (Å²) >= 11 is 0. The van der Waals surface area contributed by atoms with Gasteiger partial charge in [-0.15, -0.1) is 0 Å². The van der Waals surface area contributed by atoms with E-state index in [0.717, 1.165) is 37.5 Å². The van der Waals surface area contributed by atoms with Crippen LogP contribution in [0, 0.1) is 0 Å². The summed E-state index contributed by atoms with van der Waals surface area (Å²) in [6, 6.07) is 6.13. The van der Waals surface area contributed by atoms with Crippen LogP contribution < -0.4 is 10.2 Å². The van der Waals surface area contributed by atoms with Gasteiger partial charge in [0.2, 0.25) is 0 Å². The molecule has 2 aromatic heterocycles. The first kappa shape index (κ1) is 12.9. The number of rotatable bonds is 6. The van der Waals surface area contributed by atoms with E-state index in [1.54, 1.807) is 0 Å². The van der Waals surface area contributed by atoms with Crippen LogP contribution in [0.25, 0.3) is 5.65 Å². The van der Waals surface area contributed by atoms with Gasteiger partial charge in [0.15, 0.2) is 5.82 Å². The molecule has 0 saturated heterocycles. The SMILES string of the molecule is CCCN(C)c1nc2ccccn2c1CNCC. The Morgan fingerprint density at radius 3 is 2.89 bits per heavy atom. The zero-order chi connectivity index (χ0) is 13.0. The Bertz CT molecular complexity index is 503. The molecule has 18 heavy (non-hydrogen) atoms. The van der Waals surface area contributed by atoms with Gasteiger partial charge in [-0.1, -0.05) is 19.9 Å². The lowest BCUT2D eigenvalue weighted by molar-refractivity contribution is 0.700. The number of imidazole rings is 1. The van der Waals surface area contributed by atoms with Gasteiger partial charge in [-0.3, -0.25) is 0 Å². The predicted octanol–water partition coefficient (Wildman–Crippen LogP) is 2.29. The molecule has 2 aromatic rings. The molecule has 0 aromatic carbocycles. The Kier molecular flexibility index (Phi) is 4.20. The van der Waals surface area contributed by atoms with Gasteiger partial charge in [0.1, 0.15) is 5.65 Å². The van der Waals surface area contributed by atoms with Crippen LogP contribution in [-0.4, -0.2) is 29.5 Å². The molecule has 4 nitrogen and oxygen atoms in total. The minimum Gasteiger partial charge on any atom is -0.358 e. The number of nitrogens with zero attached hydrogens (tertiary/aromatic N) is 3. The van der Waals surface area contributed by atoms with E-state index in [-0.39, 0.29) is 0 Å². The molecule has 98 valence electrons. The Morgan fingerprint density at radius 1 is 1.33 bits per heavy atom. The van der Waals surface area contributed by atoms with Gasteiger partial charge in [0.25, 0.3) is 0 Å². The van der Waals surface area contributed by atoms with E-state index < -0.39 is 0 Å². The lowest BCUT2D eigenvalue weighted by atomic mass is 10.3. The molecule has 2 rings (SSSR count).